The molecule has 13 rings (SSSR count). The van der Waals surface area contributed by atoms with Crippen LogP contribution in [0.3, 0.4) is 0 Å². The number of anilines is 9. The van der Waals surface area contributed by atoms with Crippen molar-refractivity contribution in [1.82, 2.24) is 46.9 Å². The van der Waals surface area contributed by atoms with Crippen LogP contribution in [-0.2, 0) is 51.5 Å². The number of piperidine rings is 2. The van der Waals surface area contributed by atoms with E-state index in [4.69, 9.17) is 47.0 Å². The number of carboxylic acids is 1. The van der Waals surface area contributed by atoms with Crippen molar-refractivity contribution in [2.75, 3.05) is 101 Å². The van der Waals surface area contributed by atoms with Crippen LogP contribution in [0.15, 0.2) is 137 Å². The number of hydrogen-bond acceptors (Lipinski definition) is 27. The van der Waals surface area contributed by atoms with Gasteiger partial charge in [-0.2, -0.15) is 15.0 Å². The van der Waals surface area contributed by atoms with E-state index in [0.717, 1.165) is 0 Å². The molecule has 0 bridgehead atoms. The SMILES string of the molecule is CC[C@H](C)[C@@H]1NC(=O)c2cc(NC(=O)CNC(=O)C3CCN(c4nc(Nc5ccc(-c6c7ccc(=O)cc-7oc7cc(O)ccc67)c(C(=O)O)c5)nc(N5CCC(C(=O)NCC(=O)Nc6ccc7c(c6)C(=O)N[C@@H](CCCCN)C(=O)N[C@@H](CO)C(=O)Nc6cc(C(N)=O)ccc6CN7)CC5)n4)CC3)ccc2OCc2ccc(C(N)=O)cc2NC(=O)[C@H](CCCCN)NC1=O. The van der Waals surface area contributed by atoms with Gasteiger partial charge in [-0.25, -0.2) is 4.79 Å². The number of nitrogens with one attached hydrogen (secondary N) is 12. The Morgan fingerprint density at radius 2 is 1.11 bits per heavy atom. The molecule has 12 amide bonds. The number of nitrogens with zero attached hydrogens (tertiary/aromatic N) is 5. The van der Waals surface area contributed by atoms with Crippen molar-refractivity contribution in [2.45, 2.75) is 122 Å². The van der Waals surface area contributed by atoms with E-state index in [0.29, 0.717) is 66.3 Å². The Kier molecular flexibility index (Phi) is 29.8. The number of hydrogen-bond donors (Lipinski definition) is 19. The molecule has 1 aliphatic carbocycles. The van der Waals surface area contributed by atoms with Crippen LogP contribution in [0.5, 0.6) is 11.5 Å². The van der Waals surface area contributed by atoms with Crippen LogP contribution in [-0.4, -0.2) is 190 Å². The third-order valence-electron chi connectivity index (χ3n) is 23.2. The second-order valence-electron chi connectivity index (χ2n) is 32.1. The number of carbonyl (C=O) groups is 13. The van der Waals surface area contributed by atoms with Crippen molar-refractivity contribution in [3.05, 3.63) is 177 Å². The molecule has 6 aliphatic rings. The van der Waals surface area contributed by atoms with E-state index in [2.05, 4.69) is 63.8 Å². The first-order valence-electron chi connectivity index (χ1n) is 42.6. The van der Waals surface area contributed by atoms with E-state index in [1.807, 2.05) is 16.7 Å². The number of carboxylic acid groups (broad SMARTS) is 1. The number of aliphatic hydroxyl groups is 1. The van der Waals surface area contributed by atoms with Gasteiger partial charge in [-0.1, -0.05) is 38.5 Å². The van der Waals surface area contributed by atoms with E-state index in [1.54, 1.807) is 25.1 Å². The summed E-state index contributed by atoms with van der Waals surface area (Å²) in [6.07, 6.45) is 3.60. The highest BCUT2D eigenvalue weighted by Gasteiger charge is 2.36. The van der Waals surface area contributed by atoms with Gasteiger partial charge >= 0.3 is 5.97 Å². The maximum atomic E-state index is 14.5. The zero-order chi connectivity index (χ0) is 92.6. The number of carbonyl (C=O) groups excluding carboxylic acids is 12. The molecule has 2 fully saturated rings. The molecule has 5 aliphatic heterocycles. The number of unbranched alkanes of at least 4 members (excludes halogenated alkanes) is 2. The van der Waals surface area contributed by atoms with Crippen LogP contribution in [0.2, 0.25) is 0 Å². The molecule has 40 heteroatoms. The highest BCUT2D eigenvalue weighted by molar-refractivity contribution is 6.10. The van der Waals surface area contributed by atoms with Gasteiger partial charge in [0.2, 0.25) is 76.9 Å². The molecule has 40 nitrogen and oxygen atoms in total. The number of aromatic nitrogens is 3. The van der Waals surface area contributed by atoms with E-state index >= 15 is 0 Å². The van der Waals surface area contributed by atoms with Crippen LogP contribution in [0.1, 0.15) is 147 Å². The monoisotopic (exact) mass is 1780 g/mol. The predicted molar refractivity (Wildman–Crippen MR) is 480 cm³/mol. The normalized spacial score (nSPS) is 17.4. The molecule has 6 heterocycles. The van der Waals surface area contributed by atoms with Gasteiger partial charge in [-0.05, 0) is 191 Å². The summed E-state index contributed by atoms with van der Waals surface area (Å²) in [5, 5.41) is 65.8. The first kappa shape index (κ1) is 92.5. The molecule has 7 aromatic rings. The van der Waals surface area contributed by atoms with Gasteiger partial charge in [0, 0.05) is 124 Å². The average Bonchev–Trinajstić information content (AvgIpc) is 0.744. The summed E-state index contributed by atoms with van der Waals surface area (Å²) in [5.74, 6) is -10.8. The van der Waals surface area contributed by atoms with Gasteiger partial charge in [0.25, 0.3) is 11.8 Å². The summed E-state index contributed by atoms with van der Waals surface area (Å²) >= 11 is 0. The van der Waals surface area contributed by atoms with Crippen molar-refractivity contribution in [2.24, 2.45) is 40.7 Å². The lowest BCUT2D eigenvalue weighted by Crippen LogP contribution is -2.55. The van der Waals surface area contributed by atoms with Crippen molar-refractivity contribution < 1.29 is 86.8 Å². The first-order valence-corrected chi connectivity index (χ1v) is 42.6. The number of aliphatic hydroxyl groups excluding tert-OH is 1. The Morgan fingerprint density at radius 3 is 1.70 bits per heavy atom. The number of benzene rings is 7. The molecule has 0 unspecified atom stereocenters. The number of ether oxygens (including phenoxy) is 1. The second-order valence-corrected chi connectivity index (χ2v) is 32.1. The molecule has 1 aromatic heterocycles. The molecule has 23 N–H and O–H groups in total. The molecule has 0 spiro atoms. The summed E-state index contributed by atoms with van der Waals surface area (Å²) < 4.78 is 12.3. The van der Waals surface area contributed by atoms with Crippen LogP contribution in [0, 0.1) is 17.8 Å². The topological polar surface area (TPSA) is 616 Å². The highest BCUT2D eigenvalue weighted by Crippen LogP contribution is 2.43. The van der Waals surface area contributed by atoms with Crippen LogP contribution < -0.4 is 107 Å². The lowest BCUT2D eigenvalue weighted by atomic mass is 9.90. The quantitative estimate of drug-likeness (QED) is 0.0247. The number of fused-ring (bicyclic) bond motifs is 6. The number of amides is 12. The molecular formula is C90H101N21O19. The van der Waals surface area contributed by atoms with Crippen molar-refractivity contribution >= 4 is 140 Å². The molecule has 130 heavy (non-hydrogen) atoms. The maximum Gasteiger partial charge on any atom is 0.336 e. The fourth-order valence-electron chi connectivity index (χ4n) is 15.7. The Balaban J connectivity index is 0.695. The maximum absolute atomic E-state index is 14.5. The molecule has 5 atom stereocenters. The van der Waals surface area contributed by atoms with Gasteiger partial charge in [0.15, 0.2) is 5.43 Å². The molecule has 680 valence electrons. The van der Waals surface area contributed by atoms with Crippen molar-refractivity contribution in [3.63, 3.8) is 0 Å². The largest absolute Gasteiger partial charge is 0.508 e. The Labute approximate surface area is 743 Å². The standard InChI is InChI=1S/C90H101N21O19/c1-3-46(2)76-86(126)102-66(9-5-7-29-92)83(123)104-68-35-50(78(94)118)11-13-52(68)45-129-70-23-16-54(38-63(70)82(122)106-76)99-74(116)43-97-80(120)48-26-32-111(33-27-48)90-108-88(100-55-14-19-58(61(36-55)87(127)128)75-59-20-17-56(113)39-71(59)130-72-40-57(114)18-21-60(72)75)107-89(109-90)110-30-24-47(25-31-110)79(119)96-42-73(115)98-53-15-22-64-62(37-53)81(121)101-65(8-4-6-28-91)84(124)105-69(44-112)85(125)103-67-34-49(77(93)117)10-12-51(67)41-95-64/h10-23,34-40,46-48,65-66,69,76,95,112-113H,3-9,24-33,41-45,91-92H2,1-2H3,(H2,93,117)(H2,94,118)(H,96,119)(H,97,120)(H,98,115)(H,99,116)(H,101,121)(H,102,126)(H,103,125)(H,104,123)(H,105,124)(H,106,122)(H,127,128)(H,100,107,108,109)/t46-,65-,66-,69-,76-/m0/s1. The van der Waals surface area contributed by atoms with Gasteiger partial charge in [0.1, 0.15) is 53.6 Å². The fourth-order valence-corrected chi connectivity index (χ4v) is 15.7. The summed E-state index contributed by atoms with van der Waals surface area (Å²) in [4.78, 5) is 209. The number of aromatic hydroxyl groups is 1. The first-order chi connectivity index (χ1) is 62.5. The molecule has 0 saturated carbocycles. The summed E-state index contributed by atoms with van der Waals surface area (Å²) in [6, 6.07) is 25.5. The molecule has 2 saturated heterocycles. The third kappa shape index (κ3) is 22.6. The van der Waals surface area contributed by atoms with Gasteiger partial charge < -0.3 is 121 Å². The number of primary amides is 2. The lowest BCUT2D eigenvalue weighted by Gasteiger charge is -2.34. The van der Waals surface area contributed by atoms with E-state index in [-0.39, 0.29) is 198 Å². The zero-order valence-corrected chi connectivity index (χ0v) is 71.1. The minimum atomic E-state index is -1.48. The third-order valence-corrected chi connectivity index (χ3v) is 23.2. The minimum Gasteiger partial charge on any atom is -0.508 e. The number of nitrogens with two attached hydrogens (primary N) is 4. The van der Waals surface area contributed by atoms with Crippen molar-refractivity contribution in [3.8, 4) is 33.9 Å². The second kappa shape index (κ2) is 42.0. The van der Waals surface area contributed by atoms with Gasteiger partial charge in [0.05, 0.1) is 36.4 Å². The lowest BCUT2D eigenvalue weighted by molar-refractivity contribution is -0.128. The number of aromatic carboxylic acids is 1. The Morgan fingerprint density at radius 1 is 0.554 bits per heavy atom. The zero-order valence-electron chi connectivity index (χ0n) is 71.1. The predicted octanol–water partition coefficient (Wildman–Crippen LogP) is 4.60. The fraction of sp³-hybridized carbons (Fsp3) is 0.344. The van der Waals surface area contributed by atoms with Gasteiger partial charge in [-0.15, -0.1) is 0 Å². The number of phenols is 1. The van der Waals surface area contributed by atoms with E-state index < -0.39 is 138 Å². The summed E-state index contributed by atoms with van der Waals surface area (Å²) in [7, 11) is 0. The number of rotatable bonds is 27. The molecule has 6 aromatic carbocycles. The molecule has 0 radical (unpaired) electrons. The van der Waals surface area contributed by atoms with Gasteiger partial charge in [-0.3, -0.25) is 62.3 Å². The highest BCUT2D eigenvalue weighted by atomic mass is 16.5. The smallest absolute Gasteiger partial charge is 0.336 e. The summed E-state index contributed by atoms with van der Waals surface area (Å²) in [5.41, 5.74) is 25.3. The van der Waals surface area contributed by atoms with Crippen LogP contribution in [0.4, 0.5) is 52.0 Å². The van der Waals surface area contributed by atoms with Crippen molar-refractivity contribution in [1.29, 1.82) is 0 Å². The minimum absolute atomic E-state index is 0.0208. The molecular weight excluding hydrogens is 1680 g/mol. The van der Waals surface area contributed by atoms with E-state index in [1.165, 1.54) is 109 Å². The number of phenolic OH excluding ortho intramolecular Hbond substituents is 1. The van der Waals surface area contributed by atoms with Crippen LogP contribution in [0.25, 0.3) is 33.4 Å². The Hall–Kier alpha value is -15.2. The van der Waals surface area contributed by atoms with E-state index in [9.17, 15) is 82.4 Å². The van der Waals surface area contributed by atoms with Crippen LogP contribution >= 0.6 is 0 Å². The summed E-state index contributed by atoms with van der Waals surface area (Å²) in [6.45, 7) is 2.97. The average molecular weight is 1780 g/mol. The Bertz CT molecular complexity index is 5910.